The van der Waals surface area contributed by atoms with E-state index in [1.807, 2.05) is 12.1 Å². The zero-order valence-corrected chi connectivity index (χ0v) is 16.5. The summed E-state index contributed by atoms with van der Waals surface area (Å²) < 4.78 is 22.3. The lowest BCUT2D eigenvalue weighted by molar-refractivity contribution is 0.0929. The minimum absolute atomic E-state index is 0.161. The summed E-state index contributed by atoms with van der Waals surface area (Å²) in [7, 11) is 4.60. The molecule has 1 N–H and O–H groups in total. The molecule has 0 aliphatic carbocycles. The fourth-order valence-corrected chi connectivity index (χ4v) is 2.88. The summed E-state index contributed by atoms with van der Waals surface area (Å²) in [6.07, 6.45) is 1.44. The molecule has 0 unspecified atom stereocenters. The van der Waals surface area contributed by atoms with Crippen LogP contribution in [0.1, 0.15) is 16.1 Å². The highest BCUT2D eigenvalue weighted by atomic mass is 79.9. The normalized spacial score (nSPS) is 11.0. The van der Waals surface area contributed by atoms with Crippen molar-refractivity contribution < 1.29 is 23.4 Å². The smallest absolute Gasteiger partial charge is 0.307 e. The Morgan fingerprint density at radius 3 is 2.41 bits per heavy atom. The number of nitrogens with one attached hydrogen (secondary N) is 1. The van der Waals surface area contributed by atoms with Gasteiger partial charge in [-0.2, -0.15) is 5.10 Å². The number of benzene rings is 2. The van der Waals surface area contributed by atoms with E-state index >= 15 is 0 Å². The van der Waals surface area contributed by atoms with Crippen LogP contribution in [0.5, 0.6) is 17.2 Å². The van der Waals surface area contributed by atoms with Crippen molar-refractivity contribution in [1.82, 2.24) is 5.43 Å². The molecule has 1 amide bonds. The third-order valence-electron chi connectivity index (χ3n) is 3.82. The number of rotatable bonds is 6. The first-order chi connectivity index (χ1) is 13.0. The standard InChI is InChI=1S/C19H17BrN2O5/c1-24-13-8-16(25-2)14(17(9-13)26-3)10-21-22-19(23)18-7-11-6-12(20)4-5-15(11)27-18/h4-10H,1-3H3,(H,22,23)/b21-10-. The fourth-order valence-electron chi connectivity index (χ4n) is 2.50. The second-order valence-electron chi connectivity index (χ2n) is 5.44. The summed E-state index contributed by atoms with van der Waals surface area (Å²) in [5, 5.41) is 4.80. The molecule has 0 spiro atoms. The van der Waals surface area contributed by atoms with Crippen LogP contribution in [0.25, 0.3) is 11.0 Å². The molecular weight excluding hydrogens is 416 g/mol. The van der Waals surface area contributed by atoms with E-state index in [1.54, 1.807) is 31.4 Å². The number of amides is 1. The number of carbonyl (C=O) groups excluding carboxylic acids is 1. The van der Waals surface area contributed by atoms with Gasteiger partial charge >= 0.3 is 5.91 Å². The minimum atomic E-state index is -0.468. The lowest BCUT2D eigenvalue weighted by atomic mass is 10.2. The van der Waals surface area contributed by atoms with E-state index < -0.39 is 5.91 Å². The van der Waals surface area contributed by atoms with E-state index in [-0.39, 0.29) is 5.76 Å². The summed E-state index contributed by atoms with van der Waals surface area (Å²) in [6.45, 7) is 0. The first-order valence-corrected chi connectivity index (χ1v) is 8.67. The monoisotopic (exact) mass is 432 g/mol. The van der Waals surface area contributed by atoms with Gasteiger partial charge < -0.3 is 18.6 Å². The first-order valence-electron chi connectivity index (χ1n) is 7.88. The Kier molecular flexibility index (Phi) is 5.66. The van der Waals surface area contributed by atoms with Crippen LogP contribution in [0.2, 0.25) is 0 Å². The van der Waals surface area contributed by atoms with Gasteiger partial charge in [-0.1, -0.05) is 15.9 Å². The van der Waals surface area contributed by atoms with Crippen molar-refractivity contribution in [2.75, 3.05) is 21.3 Å². The van der Waals surface area contributed by atoms with Gasteiger partial charge in [-0.05, 0) is 24.3 Å². The van der Waals surface area contributed by atoms with Crippen LogP contribution in [-0.4, -0.2) is 33.5 Å². The summed E-state index contributed by atoms with van der Waals surface area (Å²) in [5.74, 6) is 1.27. The molecule has 3 aromatic rings. The summed E-state index contributed by atoms with van der Waals surface area (Å²) in [6, 6.07) is 10.5. The van der Waals surface area contributed by atoms with Crippen LogP contribution < -0.4 is 19.6 Å². The fraction of sp³-hybridized carbons (Fsp3) is 0.158. The van der Waals surface area contributed by atoms with Crippen LogP contribution >= 0.6 is 15.9 Å². The number of hydrogen-bond acceptors (Lipinski definition) is 6. The maximum absolute atomic E-state index is 12.3. The van der Waals surface area contributed by atoms with Crippen molar-refractivity contribution in [3.8, 4) is 17.2 Å². The van der Waals surface area contributed by atoms with Crippen molar-refractivity contribution in [2.45, 2.75) is 0 Å². The van der Waals surface area contributed by atoms with Gasteiger partial charge in [-0.15, -0.1) is 0 Å². The van der Waals surface area contributed by atoms with Gasteiger partial charge in [0, 0.05) is 22.0 Å². The highest BCUT2D eigenvalue weighted by Gasteiger charge is 2.14. The lowest BCUT2D eigenvalue weighted by Gasteiger charge is -2.12. The maximum Gasteiger partial charge on any atom is 0.307 e. The predicted molar refractivity (Wildman–Crippen MR) is 105 cm³/mol. The number of fused-ring (bicyclic) bond motifs is 1. The molecule has 0 atom stereocenters. The number of methoxy groups -OCH3 is 3. The molecule has 7 nitrogen and oxygen atoms in total. The zero-order valence-electron chi connectivity index (χ0n) is 14.9. The van der Waals surface area contributed by atoms with Crippen LogP contribution in [-0.2, 0) is 0 Å². The number of nitrogens with zero attached hydrogens (tertiary/aromatic N) is 1. The summed E-state index contributed by atoms with van der Waals surface area (Å²) in [4.78, 5) is 12.3. The first kappa shape index (κ1) is 18.8. The van der Waals surface area contributed by atoms with Crippen LogP contribution in [0.3, 0.4) is 0 Å². The summed E-state index contributed by atoms with van der Waals surface area (Å²) >= 11 is 3.39. The van der Waals surface area contributed by atoms with Gasteiger partial charge in [0.2, 0.25) is 0 Å². The number of furan rings is 1. The Morgan fingerprint density at radius 2 is 1.78 bits per heavy atom. The molecule has 0 aliphatic rings. The highest BCUT2D eigenvalue weighted by Crippen LogP contribution is 2.32. The molecule has 0 saturated heterocycles. The molecule has 0 aliphatic heterocycles. The van der Waals surface area contributed by atoms with Crippen molar-refractivity contribution >= 4 is 39.0 Å². The van der Waals surface area contributed by atoms with Crippen LogP contribution in [0.15, 0.2) is 50.4 Å². The molecular formula is C19H17BrN2O5. The van der Waals surface area contributed by atoms with Crippen molar-refractivity contribution in [1.29, 1.82) is 0 Å². The Labute approximate surface area is 164 Å². The zero-order chi connectivity index (χ0) is 19.4. The third-order valence-corrected chi connectivity index (χ3v) is 4.31. The van der Waals surface area contributed by atoms with Gasteiger partial charge in [-0.3, -0.25) is 4.79 Å². The van der Waals surface area contributed by atoms with E-state index in [0.29, 0.717) is 28.4 Å². The maximum atomic E-state index is 12.3. The van der Waals surface area contributed by atoms with Crippen molar-refractivity contribution in [3.05, 3.63) is 52.2 Å². The average Bonchev–Trinajstić information content (AvgIpc) is 3.10. The Balaban J connectivity index is 1.81. The molecule has 2 aromatic carbocycles. The predicted octanol–water partition coefficient (Wildman–Crippen LogP) is 3.99. The van der Waals surface area contributed by atoms with Gasteiger partial charge in [-0.25, -0.2) is 5.43 Å². The molecule has 1 heterocycles. The van der Waals surface area contributed by atoms with Gasteiger partial charge in [0.1, 0.15) is 22.8 Å². The number of ether oxygens (including phenoxy) is 3. The van der Waals surface area contributed by atoms with Crippen LogP contribution in [0, 0.1) is 0 Å². The molecule has 27 heavy (non-hydrogen) atoms. The molecule has 8 heteroatoms. The molecule has 0 fully saturated rings. The quantitative estimate of drug-likeness (QED) is 0.470. The Bertz CT molecular complexity index is 987. The topological polar surface area (TPSA) is 82.3 Å². The van der Waals surface area contributed by atoms with Gasteiger partial charge in [0.15, 0.2) is 5.76 Å². The van der Waals surface area contributed by atoms with E-state index in [4.69, 9.17) is 18.6 Å². The molecule has 3 rings (SSSR count). The van der Waals surface area contributed by atoms with Gasteiger partial charge in [0.25, 0.3) is 0 Å². The molecule has 140 valence electrons. The lowest BCUT2D eigenvalue weighted by Crippen LogP contribution is -2.16. The number of hydrogen-bond donors (Lipinski definition) is 1. The third kappa shape index (κ3) is 4.06. The second kappa shape index (κ2) is 8.13. The Morgan fingerprint density at radius 1 is 1.07 bits per heavy atom. The van der Waals surface area contributed by atoms with Gasteiger partial charge in [0.05, 0.1) is 33.1 Å². The molecule has 0 radical (unpaired) electrons. The Hall–Kier alpha value is -3.00. The highest BCUT2D eigenvalue weighted by molar-refractivity contribution is 9.10. The van der Waals surface area contributed by atoms with Crippen molar-refractivity contribution in [3.63, 3.8) is 0 Å². The van der Waals surface area contributed by atoms with Crippen LogP contribution in [0.4, 0.5) is 0 Å². The summed E-state index contributed by atoms with van der Waals surface area (Å²) in [5.41, 5.74) is 3.62. The van der Waals surface area contributed by atoms with Crippen molar-refractivity contribution in [2.24, 2.45) is 5.10 Å². The molecule has 1 aromatic heterocycles. The van der Waals surface area contributed by atoms with E-state index in [1.165, 1.54) is 20.4 Å². The van der Waals surface area contributed by atoms with E-state index in [0.717, 1.165) is 9.86 Å². The van der Waals surface area contributed by atoms with E-state index in [9.17, 15) is 4.79 Å². The minimum Gasteiger partial charge on any atom is -0.496 e. The average molecular weight is 433 g/mol. The number of hydrazone groups is 1. The largest absolute Gasteiger partial charge is 0.496 e. The second-order valence-corrected chi connectivity index (χ2v) is 6.35. The molecule has 0 saturated carbocycles. The van der Waals surface area contributed by atoms with E-state index in [2.05, 4.69) is 26.5 Å². The molecule has 0 bridgehead atoms. The number of halogens is 1. The SMILES string of the molecule is COc1cc(OC)c(/C=N\NC(=O)c2cc3cc(Br)ccc3o2)c(OC)c1. The number of carbonyl (C=O) groups is 1.